The maximum Gasteiger partial charge on any atom is 0.118 e. The van der Waals surface area contributed by atoms with E-state index in [1.165, 1.54) is 5.56 Å². The first-order chi connectivity index (χ1) is 8.94. The topological polar surface area (TPSA) is 37.6 Å². The Morgan fingerprint density at radius 1 is 1.42 bits per heavy atom. The predicted molar refractivity (Wildman–Crippen MR) is 76.0 cm³/mol. The van der Waals surface area contributed by atoms with Gasteiger partial charge in [0, 0.05) is 30.3 Å². The van der Waals surface area contributed by atoms with E-state index in [0.29, 0.717) is 6.04 Å². The SMILES string of the molecule is CN(Cc1cc(CNC(C)(C)C)co1)C1CCOC1. The van der Waals surface area contributed by atoms with Gasteiger partial charge in [0.15, 0.2) is 0 Å². The van der Waals surface area contributed by atoms with Crippen molar-refractivity contribution in [2.45, 2.75) is 51.9 Å². The molecule has 1 saturated heterocycles. The third-order valence-electron chi connectivity index (χ3n) is 3.47. The van der Waals surface area contributed by atoms with Crippen LogP contribution in [0.1, 0.15) is 38.5 Å². The molecule has 1 aliphatic heterocycles. The van der Waals surface area contributed by atoms with Crippen molar-refractivity contribution < 1.29 is 9.15 Å². The van der Waals surface area contributed by atoms with Crippen molar-refractivity contribution in [2.24, 2.45) is 0 Å². The predicted octanol–water partition coefficient (Wildman–Crippen LogP) is 2.39. The molecule has 1 fully saturated rings. The van der Waals surface area contributed by atoms with Crippen molar-refractivity contribution in [3.63, 3.8) is 0 Å². The minimum Gasteiger partial charge on any atom is -0.468 e. The van der Waals surface area contributed by atoms with E-state index in [9.17, 15) is 0 Å². The fraction of sp³-hybridized carbons (Fsp3) is 0.733. The first-order valence-electron chi connectivity index (χ1n) is 7.03. The molecule has 0 aromatic carbocycles. The Bertz CT molecular complexity index is 389. The molecular weight excluding hydrogens is 240 g/mol. The number of ether oxygens (including phenoxy) is 1. The number of hydrogen-bond donors (Lipinski definition) is 1. The summed E-state index contributed by atoms with van der Waals surface area (Å²) in [6.07, 6.45) is 2.97. The highest BCUT2D eigenvalue weighted by molar-refractivity contribution is 5.13. The fourth-order valence-corrected chi connectivity index (χ4v) is 2.21. The lowest BCUT2D eigenvalue weighted by Gasteiger charge is -2.21. The van der Waals surface area contributed by atoms with Crippen LogP contribution < -0.4 is 5.32 Å². The standard InChI is InChI=1S/C15H26N2O2/c1-15(2,3)16-8-12-7-14(19-10-12)9-17(4)13-5-6-18-11-13/h7,10,13,16H,5-6,8-9,11H2,1-4H3. The third-order valence-corrected chi connectivity index (χ3v) is 3.47. The molecule has 1 unspecified atom stereocenters. The number of nitrogens with one attached hydrogen (secondary N) is 1. The molecule has 0 spiro atoms. The van der Waals surface area contributed by atoms with E-state index in [4.69, 9.17) is 9.15 Å². The maximum atomic E-state index is 5.64. The average Bonchev–Trinajstić information content (AvgIpc) is 2.96. The van der Waals surface area contributed by atoms with Crippen molar-refractivity contribution in [3.05, 3.63) is 23.7 Å². The van der Waals surface area contributed by atoms with E-state index < -0.39 is 0 Å². The van der Waals surface area contributed by atoms with Crippen LogP contribution in [0.15, 0.2) is 16.7 Å². The normalized spacial score (nSPS) is 20.4. The van der Waals surface area contributed by atoms with E-state index in [2.05, 4.69) is 44.1 Å². The van der Waals surface area contributed by atoms with E-state index in [1.54, 1.807) is 0 Å². The Balaban J connectivity index is 1.83. The Hall–Kier alpha value is -0.840. The second kappa shape index (κ2) is 6.07. The molecular formula is C15H26N2O2. The summed E-state index contributed by atoms with van der Waals surface area (Å²) in [4.78, 5) is 2.31. The Kier molecular flexibility index (Phi) is 4.66. The molecule has 4 heteroatoms. The smallest absolute Gasteiger partial charge is 0.118 e. The Labute approximate surface area is 116 Å². The molecule has 4 nitrogen and oxygen atoms in total. The Morgan fingerprint density at radius 2 is 2.21 bits per heavy atom. The molecule has 0 aliphatic carbocycles. The van der Waals surface area contributed by atoms with Crippen molar-refractivity contribution in [2.75, 3.05) is 20.3 Å². The van der Waals surface area contributed by atoms with Gasteiger partial charge in [0.25, 0.3) is 0 Å². The zero-order valence-corrected chi connectivity index (χ0v) is 12.5. The lowest BCUT2D eigenvalue weighted by atomic mass is 10.1. The van der Waals surface area contributed by atoms with E-state index in [-0.39, 0.29) is 5.54 Å². The summed E-state index contributed by atoms with van der Waals surface area (Å²) in [5.74, 6) is 1.03. The van der Waals surface area contributed by atoms with Gasteiger partial charge in [0.05, 0.1) is 19.4 Å². The van der Waals surface area contributed by atoms with Gasteiger partial charge < -0.3 is 14.5 Å². The monoisotopic (exact) mass is 266 g/mol. The summed E-state index contributed by atoms with van der Waals surface area (Å²) in [5, 5.41) is 3.47. The van der Waals surface area contributed by atoms with Crippen LogP contribution in [-0.4, -0.2) is 36.7 Å². The lowest BCUT2D eigenvalue weighted by Crippen LogP contribution is -2.34. The lowest BCUT2D eigenvalue weighted by molar-refractivity contribution is 0.152. The summed E-state index contributed by atoms with van der Waals surface area (Å²) >= 11 is 0. The van der Waals surface area contributed by atoms with Crippen LogP contribution in [0.5, 0.6) is 0 Å². The number of furan rings is 1. The summed E-state index contributed by atoms with van der Waals surface area (Å²) in [6, 6.07) is 2.67. The van der Waals surface area contributed by atoms with Gasteiger partial charge in [0.1, 0.15) is 5.76 Å². The van der Waals surface area contributed by atoms with Crippen molar-refractivity contribution in [3.8, 4) is 0 Å². The second-order valence-corrected chi connectivity index (χ2v) is 6.46. The number of rotatable bonds is 5. The molecule has 2 heterocycles. The average molecular weight is 266 g/mol. The van der Waals surface area contributed by atoms with Gasteiger partial charge in [-0.3, -0.25) is 4.90 Å². The molecule has 0 amide bonds. The van der Waals surface area contributed by atoms with Crippen LogP contribution in [0, 0.1) is 0 Å². The second-order valence-electron chi connectivity index (χ2n) is 6.46. The zero-order chi connectivity index (χ0) is 13.9. The van der Waals surface area contributed by atoms with Gasteiger partial charge >= 0.3 is 0 Å². The van der Waals surface area contributed by atoms with Gasteiger partial charge in [-0.1, -0.05) is 0 Å². The third kappa shape index (κ3) is 4.64. The van der Waals surface area contributed by atoms with E-state index in [1.807, 2.05) is 6.26 Å². The molecule has 1 N–H and O–H groups in total. The molecule has 1 aliphatic rings. The van der Waals surface area contributed by atoms with Crippen LogP contribution in [0.2, 0.25) is 0 Å². The minimum atomic E-state index is 0.134. The molecule has 1 aromatic heterocycles. The van der Waals surface area contributed by atoms with Crippen LogP contribution in [-0.2, 0) is 17.8 Å². The van der Waals surface area contributed by atoms with Gasteiger partial charge in [-0.15, -0.1) is 0 Å². The van der Waals surface area contributed by atoms with E-state index >= 15 is 0 Å². The molecule has 19 heavy (non-hydrogen) atoms. The van der Waals surface area contributed by atoms with Crippen LogP contribution >= 0.6 is 0 Å². The first kappa shape index (κ1) is 14.6. The zero-order valence-electron chi connectivity index (χ0n) is 12.5. The van der Waals surface area contributed by atoms with Crippen LogP contribution in [0.25, 0.3) is 0 Å². The highest BCUT2D eigenvalue weighted by atomic mass is 16.5. The van der Waals surface area contributed by atoms with Gasteiger partial charge in [-0.05, 0) is 40.3 Å². The van der Waals surface area contributed by atoms with Crippen LogP contribution in [0.4, 0.5) is 0 Å². The molecule has 0 radical (unpaired) electrons. The minimum absolute atomic E-state index is 0.134. The van der Waals surface area contributed by atoms with Gasteiger partial charge in [-0.25, -0.2) is 0 Å². The summed E-state index contributed by atoms with van der Waals surface area (Å²) in [6.45, 7) is 9.93. The summed E-state index contributed by atoms with van der Waals surface area (Å²) < 4.78 is 11.1. The van der Waals surface area contributed by atoms with Crippen molar-refractivity contribution in [1.82, 2.24) is 10.2 Å². The number of likely N-dealkylation sites (N-methyl/N-ethyl adjacent to an activating group) is 1. The number of nitrogens with zero attached hydrogens (tertiary/aromatic N) is 1. The summed E-state index contributed by atoms with van der Waals surface area (Å²) in [5.41, 5.74) is 1.34. The molecule has 2 rings (SSSR count). The quantitative estimate of drug-likeness (QED) is 0.888. The van der Waals surface area contributed by atoms with E-state index in [0.717, 1.165) is 38.5 Å². The maximum absolute atomic E-state index is 5.64. The molecule has 1 atom stereocenters. The molecule has 0 bridgehead atoms. The van der Waals surface area contributed by atoms with Gasteiger partial charge in [-0.2, -0.15) is 0 Å². The van der Waals surface area contributed by atoms with Crippen LogP contribution in [0.3, 0.4) is 0 Å². The Morgan fingerprint density at radius 3 is 2.84 bits per heavy atom. The van der Waals surface area contributed by atoms with Gasteiger partial charge in [0.2, 0.25) is 0 Å². The largest absolute Gasteiger partial charge is 0.468 e. The highest BCUT2D eigenvalue weighted by Gasteiger charge is 2.21. The van der Waals surface area contributed by atoms with Crippen molar-refractivity contribution in [1.29, 1.82) is 0 Å². The molecule has 1 aromatic rings. The first-order valence-corrected chi connectivity index (χ1v) is 7.03. The molecule has 108 valence electrons. The molecule has 0 saturated carbocycles. The van der Waals surface area contributed by atoms with Crippen molar-refractivity contribution >= 4 is 0 Å². The number of hydrogen-bond acceptors (Lipinski definition) is 4. The summed E-state index contributed by atoms with van der Waals surface area (Å²) in [7, 11) is 2.13. The fourth-order valence-electron chi connectivity index (χ4n) is 2.21. The highest BCUT2D eigenvalue weighted by Crippen LogP contribution is 2.16.